The first-order valence-electron chi connectivity index (χ1n) is 21.8. The Morgan fingerprint density at radius 1 is 0.317 bits per heavy atom. The van der Waals surface area contributed by atoms with E-state index in [1.807, 2.05) is 0 Å². The lowest BCUT2D eigenvalue weighted by Gasteiger charge is -2.35. The van der Waals surface area contributed by atoms with E-state index in [4.69, 9.17) is 0 Å². The zero-order chi connectivity index (χ0) is 41.7. The minimum absolute atomic E-state index is 0.503. The molecule has 0 spiro atoms. The number of rotatable bonds is 8. The van der Waals surface area contributed by atoms with Crippen LogP contribution in [-0.2, 0) is 5.41 Å². The van der Waals surface area contributed by atoms with Gasteiger partial charge in [0.05, 0.1) is 5.41 Å². The van der Waals surface area contributed by atoms with Gasteiger partial charge in [-0.2, -0.15) is 0 Å². The molecular formula is C61H42N2. The highest BCUT2D eigenvalue weighted by Crippen LogP contribution is 2.57. The average Bonchev–Trinajstić information content (AvgIpc) is 3.65. The van der Waals surface area contributed by atoms with E-state index >= 15 is 0 Å². The van der Waals surface area contributed by atoms with Crippen LogP contribution in [0.15, 0.2) is 249 Å². The number of hydrogen-bond donors (Lipinski definition) is 1. The summed E-state index contributed by atoms with van der Waals surface area (Å²) in [5.74, 6) is 0. The van der Waals surface area contributed by atoms with Crippen molar-refractivity contribution < 1.29 is 0 Å². The largest absolute Gasteiger partial charge is 0.355 e. The lowest BCUT2D eigenvalue weighted by atomic mass is 9.67. The fourth-order valence-electron chi connectivity index (χ4n) is 10.3. The second-order valence-corrected chi connectivity index (χ2v) is 16.5. The van der Waals surface area contributed by atoms with Gasteiger partial charge in [0, 0.05) is 33.8 Å². The molecule has 11 aromatic carbocycles. The van der Waals surface area contributed by atoms with Crippen LogP contribution in [0.2, 0.25) is 0 Å². The van der Waals surface area contributed by atoms with Gasteiger partial charge in [0.25, 0.3) is 0 Å². The van der Waals surface area contributed by atoms with Gasteiger partial charge in [-0.3, -0.25) is 0 Å². The Hall–Kier alpha value is -8.20. The van der Waals surface area contributed by atoms with Crippen molar-refractivity contribution in [2.45, 2.75) is 5.41 Å². The molecular weight excluding hydrogens is 761 g/mol. The van der Waals surface area contributed by atoms with E-state index in [1.54, 1.807) is 0 Å². The highest BCUT2D eigenvalue weighted by atomic mass is 15.1. The van der Waals surface area contributed by atoms with Crippen LogP contribution in [0.25, 0.3) is 54.6 Å². The van der Waals surface area contributed by atoms with Crippen molar-refractivity contribution in [3.05, 3.63) is 271 Å². The molecule has 1 aliphatic rings. The summed E-state index contributed by atoms with van der Waals surface area (Å²) in [4.78, 5) is 2.41. The molecule has 0 bridgehead atoms. The number of fused-ring (bicyclic) bond motifs is 6. The van der Waals surface area contributed by atoms with Crippen LogP contribution in [0.3, 0.4) is 0 Å². The van der Waals surface area contributed by atoms with Gasteiger partial charge in [0.2, 0.25) is 0 Å². The quantitative estimate of drug-likeness (QED) is 0.165. The van der Waals surface area contributed by atoms with Crippen molar-refractivity contribution >= 4 is 60.8 Å². The summed E-state index contributed by atoms with van der Waals surface area (Å²) in [6.45, 7) is 0. The lowest BCUT2D eigenvalue weighted by Crippen LogP contribution is -2.28. The molecule has 0 saturated heterocycles. The maximum absolute atomic E-state index is 3.85. The van der Waals surface area contributed by atoms with Gasteiger partial charge in [0.15, 0.2) is 0 Å². The van der Waals surface area contributed by atoms with E-state index in [9.17, 15) is 0 Å². The summed E-state index contributed by atoms with van der Waals surface area (Å²) in [6, 6.07) is 90.9. The molecule has 0 heterocycles. The van der Waals surface area contributed by atoms with Crippen molar-refractivity contribution in [3.8, 4) is 22.3 Å². The van der Waals surface area contributed by atoms with Crippen molar-refractivity contribution in [2.75, 3.05) is 10.2 Å². The number of anilines is 5. The third-order valence-corrected chi connectivity index (χ3v) is 13.1. The molecule has 296 valence electrons. The molecule has 1 aliphatic carbocycles. The second kappa shape index (κ2) is 15.1. The summed E-state index contributed by atoms with van der Waals surface area (Å²) >= 11 is 0. The summed E-state index contributed by atoms with van der Waals surface area (Å²) in [6.07, 6.45) is 0. The monoisotopic (exact) mass is 802 g/mol. The fraction of sp³-hybridized carbons (Fsp3) is 0.0164. The molecule has 0 atom stereocenters. The minimum atomic E-state index is -0.503. The van der Waals surface area contributed by atoms with E-state index in [2.05, 4.69) is 259 Å². The van der Waals surface area contributed by atoms with Gasteiger partial charge in [0.1, 0.15) is 0 Å². The van der Waals surface area contributed by atoms with Gasteiger partial charge in [-0.25, -0.2) is 0 Å². The number of nitrogens with one attached hydrogen (secondary N) is 1. The van der Waals surface area contributed by atoms with E-state index in [-0.39, 0.29) is 0 Å². The van der Waals surface area contributed by atoms with Crippen LogP contribution in [0.4, 0.5) is 28.4 Å². The van der Waals surface area contributed by atoms with Gasteiger partial charge in [-0.1, -0.05) is 194 Å². The second-order valence-electron chi connectivity index (χ2n) is 16.5. The number of benzene rings is 11. The molecule has 11 aromatic rings. The van der Waals surface area contributed by atoms with Crippen LogP contribution >= 0.6 is 0 Å². The molecule has 0 aliphatic heterocycles. The summed E-state index contributed by atoms with van der Waals surface area (Å²) in [5.41, 5.74) is 14.9. The molecule has 0 radical (unpaired) electrons. The van der Waals surface area contributed by atoms with Gasteiger partial charge in [-0.15, -0.1) is 0 Å². The van der Waals surface area contributed by atoms with Crippen molar-refractivity contribution in [2.24, 2.45) is 0 Å². The first-order chi connectivity index (χ1) is 31.2. The fourth-order valence-corrected chi connectivity index (χ4v) is 10.3. The van der Waals surface area contributed by atoms with E-state index < -0.39 is 5.41 Å². The summed E-state index contributed by atoms with van der Waals surface area (Å²) in [7, 11) is 0. The Balaban J connectivity index is 1.00. The van der Waals surface area contributed by atoms with Gasteiger partial charge in [-0.05, 0) is 126 Å². The zero-order valence-corrected chi connectivity index (χ0v) is 34.6. The third-order valence-electron chi connectivity index (χ3n) is 13.1. The standard InChI is InChI=1S/C61H42N2/c1-3-22-46(23-4-1)61(47-24-5-2-6-25-47)57-30-12-11-27-54(57)55-39-38-51(41-58(55)61)63(50-35-32-42-16-7-8-18-45(42)40-50)49-36-33-48(34-37-49)62-59-31-15-21-44-20-14-29-56(60(44)59)53-28-13-19-43-17-9-10-26-52(43)53/h1-41,62H. The smallest absolute Gasteiger partial charge is 0.0714 e. The van der Waals surface area contributed by atoms with Crippen LogP contribution in [0.5, 0.6) is 0 Å². The number of nitrogens with zero attached hydrogens (tertiary/aromatic N) is 1. The van der Waals surface area contributed by atoms with E-state index in [0.717, 1.165) is 28.4 Å². The molecule has 12 rings (SSSR count). The number of hydrogen-bond acceptors (Lipinski definition) is 2. The first-order valence-corrected chi connectivity index (χ1v) is 21.8. The average molecular weight is 803 g/mol. The van der Waals surface area contributed by atoms with Crippen LogP contribution in [0.1, 0.15) is 22.3 Å². The Morgan fingerprint density at radius 3 is 1.63 bits per heavy atom. The van der Waals surface area contributed by atoms with Crippen molar-refractivity contribution in [1.82, 2.24) is 0 Å². The first kappa shape index (κ1) is 36.6. The maximum atomic E-state index is 3.85. The predicted octanol–water partition coefficient (Wildman–Crippen LogP) is 16.4. The summed E-state index contributed by atoms with van der Waals surface area (Å²) < 4.78 is 0. The molecule has 0 amide bonds. The molecule has 0 unspecified atom stereocenters. The Morgan fingerprint density at radius 2 is 0.857 bits per heavy atom. The molecule has 0 saturated carbocycles. The summed E-state index contributed by atoms with van der Waals surface area (Å²) in [5, 5.41) is 11.2. The lowest BCUT2D eigenvalue weighted by molar-refractivity contribution is 0.768. The van der Waals surface area contributed by atoms with Gasteiger partial charge < -0.3 is 10.2 Å². The van der Waals surface area contributed by atoms with Gasteiger partial charge >= 0.3 is 0 Å². The van der Waals surface area contributed by atoms with Crippen LogP contribution in [-0.4, -0.2) is 0 Å². The van der Waals surface area contributed by atoms with E-state index in [1.165, 1.54) is 76.8 Å². The topological polar surface area (TPSA) is 15.3 Å². The van der Waals surface area contributed by atoms with Crippen LogP contribution < -0.4 is 10.2 Å². The Labute approximate surface area is 368 Å². The molecule has 2 heteroatoms. The highest BCUT2D eigenvalue weighted by Gasteiger charge is 2.46. The molecule has 1 N–H and O–H groups in total. The molecule has 0 aromatic heterocycles. The molecule has 2 nitrogen and oxygen atoms in total. The highest BCUT2D eigenvalue weighted by molar-refractivity contribution is 6.10. The molecule has 0 fully saturated rings. The van der Waals surface area contributed by atoms with Crippen LogP contribution in [0, 0.1) is 0 Å². The normalized spacial score (nSPS) is 12.6. The van der Waals surface area contributed by atoms with Crippen molar-refractivity contribution in [1.29, 1.82) is 0 Å². The zero-order valence-electron chi connectivity index (χ0n) is 34.6. The van der Waals surface area contributed by atoms with Crippen molar-refractivity contribution in [3.63, 3.8) is 0 Å². The maximum Gasteiger partial charge on any atom is 0.0714 e. The third kappa shape index (κ3) is 6.02. The molecule has 63 heavy (non-hydrogen) atoms. The van der Waals surface area contributed by atoms with E-state index in [0.29, 0.717) is 0 Å². The SMILES string of the molecule is c1ccc(C2(c3ccccc3)c3ccccc3-c3ccc(N(c4ccc(Nc5cccc6cccc(-c7cccc8ccccc78)c56)cc4)c4ccc5ccccc5c4)cc32)cc1. The predicted molar refractivity (Wildman–Crippen MR) is 266 cm³/mol. The Kier molecular flexibility index (Phi) is 8.76. The minimum Gasteiger partial charge on any atom is -0.355 e. The Bertz CT molecular complexity index is 3430.